The Morgan fingerprint density at radius 2 is 1.32 bits per heavy atom. The molecule has 1 heterocycles. The zero-order valence-corrected chi connectivity index (χ0v) is 20.1. The predicted molar refractivity (Wildman–Crippen MR) is 136 cm³/mol. The molecule has 0 unspecified atom stereocenters. The van der Waals surface area contributed by atoms with Crippen LogP contribution < -0.4 is 14.4 Å². The van der Waals surface area contributed by atoms with Gasteiger partial charge in [0.15, 0.2) is 0 Å². The number of carbonyl (C=O) groups excluding carboxylic acids is 4. The molecule has 0 fully saturated rings. The van der Waals surface area contributed by atoms with Gasteiger partial charge in [0.25, 0.3) is 11.8 Å². The van der Waals surface area contributed by atoms with Crippen LogP contribution >= 0.6 is 0 Å². The van der Waals surface area contributed by atoms with E-state index < -0.39 is 29.6 Å². The lowest BCUT2D eigenvalue weighted by atomic mass is 10.0. The van der Waals surface area contributed by atoms with Crippen molar-refractivity contribution >= 4 is 29.4 Å². The number of nitrogens with zero attached hydrogens (tertiary/aromatic N) is 1. The number of anilines is 1. The fourth-order valence-corrected chi connectivity index (χ4v) is 3.52. The second-order valence-electron chi connectivity index (χ2n) is 8.07. The van der Waals surface area contributed by atoms with Gasteiger partial charge < -0.3 is 14.2 Å². The number of ether oxygens (including phenoxy) is 3. The molecule has 1 aliphatic rings. The van der Waals surface area contributed by atoms with Crippen LogP contribution in [0.5, 0.6) is 11.5 Å². The standard InChI is InChI=1S/C29H22FNO7/c1-19(30)28(34)37-18-2-17-36-24-11-7-21(8-12-24)20-3-5-22(6-4-20)29(35)38-25-13-9-23(10-14-25)31-26(32)15-16-27(31)33/h3-16H,1-2,17-18H2. The third kappa shape index (κ3) is 6.38. The van der Waals surface area contributed by atoms with Gasteiger partial charge in [-0.3, -0.25) is 9.59 Å². The van der Waals surface area contributed by atoms with E-state index in [1.807, 2.05) is 12.1 Å². The summed E-state index contributed by atoms with van der Waals surface area (Å²) in [6.45, 7) is 3.18. The first-order valence-electron chi connectivity index (χ1n) is 11.5. The van der Waals surface area contributed by atoms with Gasteiger partial charge in [-0.2, -0.15) is 4.39 Å². The summed E-state index contributed by atoms with van der Waals surface area (Å²) in [5, 5.41) is 0. The van der Waals surface area contributed by atoms with Crippen molar-refractivity contribution in [3.63, 3.8) is 0 Å². The van der Waals surface area contributed by atoms with Crippen molar-refractivity contribution in [1.29, 1.82) is 0 Å². The lowest BCUT2D eigenvalue weighted by Crippen LogP contribution is -2.29. The average molecular weight is 515 g/mol. The van der Waals surface area contributed by atoms with E-state index in [2.05, 4.69) is 11.3 Å². The number of imide groups is 1. The first-order chi connectivity index (χ1) is 18.3. The third-order valence-electron chi connectivity index (χ3n) is 5.44. The van der Waals surface area contributed by atoms with Gasteiger partial charge in [-0.1, -0.05) is 30.8 Å². The summed E-state index contributed by atoms with van der Waals surface area (Å²) in [6, 6.07) is 20.3. The van der Waals surface area contributed by atoms with Gasteiger partial charge in [0, 0.05) is 18.6 Å². The Kier molecular flexibility index (Phi) is 8.07. The molecule has 4 rings (SSSR count). The summed E-state index contributed by atoms with van der Waals surface area (Å²) in [5.74, 6) is -2.71. The van der Waals surface area contributed by atoms with Crippen molar-refractivity contribution < 1.29 is 37.8 Å². The minimum Gasteiger partial charge on any atom is -0.493 e. The van der Waals surface area contributed by atoms with Crippen LogP contribution in [-0.4, -0.2) is 37.0 Å². The lowest BCUT2D eigenvalue weighted by Gasteiger charge is -2.14. The molecule has 0 bridgehead atoms. The second-order valence-corrected chi connectivity index (χ2v) is 8.07. The van der Waals surface area contributed by atoms with E-state index in [1.165, 1.54) is 36.4 Å². The number of halogens is 1. The van der Waals surface area contributed by atoms with Crippen LogP contribution in [0, 0.1) is 0 Å². The van der Waals surface area contributed by atoms with E-state index in [4.69, 9.17) is 9.47 Å². The highest BCUT2D eigenvalue weighted by Crippen LogP contribution is 2.25. The largest absolute Gasteiger partial charge is 0.493 e. The first-order valence-corrected chi connectivity index (χ1v) is 11.5. The van der Waals surface area contributed by atoms with Crippen LogP contribution in [0.3, 0.4) is 0 Å². The van der Waals surface area contributed by atoms with Gasteiger partial charge in [0.1, 0.15) is 11.5 Å². The van der Waals surface area contributed by atoms with Crippen molar-refractivity contribution in [2.24, 2.45) is 0 Å². The van der Waals surface area contributed by atoms with E-state index in [1.54, 1.807) is 36.4 Å². The molecule has 0 aromatic heterocycles. The maximum atomic E-state index is 12.6. The Morgan fingerprint density at radius 1 is 0.763 bits per heavy atom. The van der Waals surface area contributed by atoms with Crippen LogP contribution in [0.4, 0.5) is 10.1 Å². The second kappa shape index (κ2) is 11.8. The van der Waals surface area contributed by atoms with Crippen LogP contribution in [-0.2, 0) is 19.1 Å². The number of esters is 2. The van der Waals surface area contributed by atoms with E-state index >= 15 is 0 Å². The van der Waals surface area contributed by atoms with Crippen LogP contribution in [0.2, 0.25) is 0 Å². The molecule has 8 nitrogen and oxygen atoms in total. The zero-order valence-electron chi connectivity index (χ0n) is 20.1. The smallest absolute Gasteiger partial charge is 0.366 e. The SMILES string of the molecule is C=C(F)C(=O)OCCCOc1ccc(-c2ccc(C(=O)Oc3ccc(N4C(=O)C=CC4=O)cc3)cc2)cc1. The molecule has 0 saturated carbocycles. The normalized spacial score (nSPS) is 12.4. The number of carbonyl (C=O) groups is 4. The Morgan fingerprint density at radius 3 is 1.89 bits per heavy atom. The van der Waals surface area contributed by atoms with Crippen molar-refractivity contribution in [2.45, 2.75) is 6.42 Å². The van der Waals surface area contributed by atoms with Gasteiger partial charge in [0.05, 0.1) is 24.5 Å². The molecule has 3 aromatic rings. The fourth-order valence-electron chi connectivity index (χ4n) is 3.52. The molecule has 38 heavy (non-hydrogen) atoms. The summed E-state index contributed by atoms with van der Waals surface area (Å²) in [6.07, 6.45) is 2.79. The Bertz CT molecular complexity index is 1380. The molecular weight excluding hydrogens is 493 g/mol. The minimum atomic E-state index is -1.13. The Hall–Kier alpha value is -5.05. The molecule has 2 amide bonds. The molecule has 192 valence electrons. The zero-order chi connectivity index (χ0) is 27.1. The van der Waals surface area contributed by atoms with E-state index in [-0.39, 0.29) is 19.0 Å². The van der Waals surface area contributed by atoms with Crippen molar-refractivity contribution in [2.75, 3.05) is 18.1 Å². The van der Waals surface area contributed by atoms with E-state index in [0.717, 1.165) is 16.0 Å². The summed E-state index contributed by atoms with van der Waals surface area (Å²) in [5.41, 5.74) is 2.52. The van der Waals surface area contributed by atoms with Gasteiger partial charge in [-0.05, 0) is 59.7 Å². The predicted octanol–water partition coefficient (Wildman–Crippen LogP) is 4.80. The highest BCUT2D eigenvalue weighted by molar-refractivity contribution is 6.28. The lowest BCUT2D eigenvalue weighted by molar-refractivity contribution is -0.141. The molecule has 0 radical (unpaired) electrons. The van der Waals surface area contributed by atoms with Crippen molar-refractivity contribution in [3.8, 4) is 22.6 Å². The quantitative estimate of drug-likeness (QED) is 0.126. The maximum absolute atomic E-state index is 12.6. The van der Waals surface area contributed by atoms with Crippen LogP contribution in [0.25, 0.3) is 11.1 Å². The van der Waals surface area contributed by atoms with Crippen LogP contribution in [0.15, 0.2) is 97.4 Å². The highest BCUT2D eigenvalue weighted by atomic mass is 19.1. The van der Waals surface area contributed by atoms with E-state index in [0.29, 0.717) is 23.4 Å². The fraction of sp³-hybridized carbons (Fsp3) is 0.103. The molecule has 0 saturated heterocycles. The molecular formula is C29H22FNO7. The van der Waals surface area contributed by atoms with Crippen molar-refractivity contribution in [3.05, 3.63) is 103 Å². The Labute approximate surface area is 217 Å². The molecule has 0 spiro atoms. The Balaban J connectivity index is 1.28. The number of amides is 2. The van der Waals surface area contributed by atoms with Gasteiger partial charge >= 0.3 is 11.9 Å². The molecule has 3 aromatic carbocycles. The average Bonchev–Trinajstić information content (AvgIpc) is 3.26. The van der Waals surface area contributed by atoms with Gasteiger partial charge in [0.2, 0.25) is 5.83 Å². The van der Waals surface area contributed by atoms with Gasteiger partial charge in [-0.25, -0.2) is 14.5 Å². The summed E-state index contributed by atoms with van der Waals surface area (Å²) in [4.78, 5) is 48.1. The molecule has 0 aliphatic carbocycles. The number of hydrogen-bond acceptors (Lipinski definition) is 7. The summed E-state index contributed by atoms with van der Waals surface area (Å²) >= 11 is 0. The molecule has 9 heteroatoms. The number of rotatable bonds is 10. The third-order valence-corrected chi connectivity index (χ3v) is 5.44. The number of hydrogen-bond donors (Lipinski definition) is 0. The van der Waals surface area contributed by atoms with Gasteiger partial charge in [-0.15, -0.1) is 0 Å². The van der Waals surface area contributed by atoms with Crippen molar-refractivity contribution in [1.82, 2.24) is 0 Å². The minimum absolute atomic E-state index is 0.0261. The number of benzene rings is 3. The first kappa shape index (κ1) is 26.0. The summed E-state index contributed by atoms with van der Waals surface area (Å²) in [7, 11) is 0. The van der Waals surface area contributed by atoms with Crippen LogP contribution in [0.1, 0.15) is 16.8 Å². The highest BCUT2D eigenvalue weighted by Gasteiger charge is 2.25. The maximum Gasteiger partial charge on any atom is 0.366 e. The molecule has 0 N–H and O–H groups in total. The monoisotopic (exact) mass is 515 g/mol. The van der Waals surface area contributed by atoms with E-state index in [9.17, 15) is 23.6 Å². The molecule has 1 aliphatic heterocycles. The summed E-state index contributed by atoms with van der Waals surface area (Å²) < 4.78 is 28.2. The molecule has 0 atom stereocenters. The topological polar surface area (TPSA) is 99.2 Å².